The first-order valence-corrected chi connectivity index (χ1v) is 7.81. The number of aromatic nitrogens is 1. The Morgan fingerprint density at radius 1 is 1.24 bits per heavy atom. The molecular formula is C18H23Cl2N3O2. The van der Waals surface area contributed by atoms with E-state index < -0.39 is 11.6 Å². The van der Waals surface area contributed by atoms with Crippen LogP contribution in [0.5, 0.6) is 0 Å². The molecule has 0 radical (unpaired) electrons. The van der Waals surface area contributed by atoms with E-state index in [9.17, 15) is 9.90 Å². The second kappa shape index (κ2) is 9.15. The van der Waals surface area contributed by atoms with Crippen molar-refractivity contribution in [2.45, 2.75) is 25.0 Å². The number of nitrogens with zero attached hydrogens (tertiary/aromatic N) is 1. The Kier molecular flexibility index (Phi) is 7.83. The zero-order valence-electron chi connectivity index (χ0n) is 13.9. The van der Waals surface area contributed by atoms with Crippen LogP contribution in [0.25, 0.3) is 0 Å². The number of hydrogen-bond acceptors (Lipinski definition) is 4. The van der Waals surface area contributed by atoms with Gasteiger partial charge in [-0.1, -0.05) is 30.3 Å². The van der Waals surface area contributed by atoms with Gasteiger partial charge in [0.1, 0.15) is 0 Å². The number of piperidine rings is 1. The molecule has 1 fully saturated rings. The number of rotatable bonds is 3. The summed E-state index contributed by atoms with van der Waals surface area (Å²) >= 11 is 0. The van der Waals surface area contributed by atoms with Gasteiger partial charge in [-0.3, -0.25) is 9.78 Å². The second-order valence-corrected chi connectivity index (χ2v) is 5.95. The summed E-state index contributed by atoms with van der Waals surface area (Å²) in [6.07, 6.45) is 1.50. The van der Waals surface area contributed by atoms with E-state index >= 15 is 0 Å². The molecule has 1 aliphatic heterocycles. The summed E-state index contributed by atoms with van der Waals surface area (Å²) < 4.78 is 0. The van der Waals surface area contributed by atoms with Gasteiger partial charge in [0.25, 0.3) is 5.91 Å². The average Bonchev–Trinajstić information content (AvgIpc) is 2.58. The summed E-state index contributed by atoms with van der Waals surface area (Å²) in [5, 5.41) is 16.9. The minimum Gasteiger partial charge on any atom is -0.389 e. The Hall–Kier alpha value is -1.66. The van der Waals surface area contributed by atoms with Gasteiger partial charge >= 0.3 is 0 Å². The van der Waals surface area contributed by atoms with E-state index in [4.69, 9.17) is 0 Å². The third-order valence-corrected chi connectivity index (χ3v) is 4.40. The van der Waals surface area contributed by atoms with Gasteiger partial charge in [-0.15, -0.1) is 24.8 Å². The lowest BCUT2D eigenvalue weighted by molar-refractivity contribution is 0.0289. The van der Waals surface area contributed by atoms with Crippen LogP contribution in [0.2, 0.25) is 0 Å². The third-order valence-electron chi connectivity index (χ3n) is 4.40. The quantitative estimate of drug-likeness (QED) is 0.759. The molecule has 136 valence electrons. The summed E-state index contributed by atoms with van der Waals surface area (Å²) in [6.45, 7) is 3.06. The molecule has 3 rings (SSSR count). The van der Waals surface area contributed by atoms with Crippen LogP contribution in [-0.2, 0) is 5.54 Å². The maximum Gasteiger partial charge on any atom is 0.253 e. The molecule has 1 aromatic heterocycles. The lowest BCUT2D eigenvalue weighted by atomic mass is 9.79. The van der Waals surface area contributed by atoms with Crippen molar-refractivity contribution in [3.63, 3.8) is 0 Å². The molecule has 25 heavy (non-hydrogen) atoms. The predicted molar refractivity (Wildman–Crippen MR) is 103 cm³/mol. The average molecular weight is 384 g/mol. The smallest absolute Gasteiger partial charge is 0.253 e. The molecule has 0 unspecified atom stereocenters. The molecule has 0 spiro atoms. The first-order chi connectivity index (χ1) is 11.1. The molecular weight excluding hydrogens is 361 g/mol. The van der Waals surface area contributed by atoms with E-state index in [2.05, 4.69) is 15.6 Å². The third kappa shape index (κ3) is 4.50. The summed E-state index contributed by atoms with van der Waals surface area (Å²) in [5.74, 6) is -0.220. The highest BCUT2D eigenvalue weighted by atomic mass is 35.5. The van der Waals surface area contributed by atoms with Gasteiger partial charge in [0.2, 0.25) is 0 Å². The number of aliphatic hydroxyl groups excluding tert-OH is 1. The first-order valence-electron chi connectivity index (χ1n) is 7.81. The van der Waals surface area contributed by atoms with Gasteiger partial charge in [-0.25, -0.2) is 0 Å². The molecule has 1 amide bonds. The van der Waals surface area contributed by atoms with E-state index in [0.29, 0.717) is 18.5 Å². The van der Waals surface area contributed by atoms with Crippen LogP contribution < -0.4 is 10.6 Å². The van der Waals surface area contributed by atoms with Gasteiger partial charge < -0.3 is 15.7 Å². The van der Waals surface area contributed by atoms with Crippen LogP contribution in [0.1, 0.15) is 28.0 Å². The van der Waals surface area contributed by atoms with Gasteiger partial charge in [0.15, 0.2) is 0 Å². The number of nitrogens with one attached hydrogen (secondary N) is 2. The van der Waals surface area contributed by atoms with Crippen LogP contribution in [0, 0.1) is 6.92 Å². The number of benzene rings is 1. The number of halogens is 2. The van der Waals surface area contributed by atoms with Crippen molar-refractivity contribution in [2.24, 2.45) is 0 Å². The summed E-state index contributed by atoms with van der Waals surface area (Å²) in [6, 6.07) is 13.2. The minimum absolute atomic E-state index is 0. The number of carbonyl (C=O) groups excluding carboxylic acids is 1. The number of amides is 1. The van der Waals surface area contributed by atoms with E-state index in [1.54, 1.807) is 12.3 Å². The molecule has 2 atom stereocenters. The zero-order valence-corrected chi connectivity index (χ0v) is 15.6. The highest BCUT2D eigenvalue weighted by Crippen LogP contribution is 2.31. The minimum atomic E-state index is -0.783. The van der Waals surface area contributed by atoms with Gasteiger partial charge in [-0.05, 0) is 37.6 Å². The largest absolute Gasteiger partial charge is 0.389 e. The Labute approximate surface area is 160 Å². The Bertz CT molecular complexity index is 682. The zero-order chi connectivity index (χ0) is 16.3. The number of aryl methyl sites for hydroxylation is 1. The summed E-state index contributed by atoms with van der Waals surface area (Å²) in [5.41, 5.74) is 1.49. The summed E-state index contributed by atoms with van der Waals surface area (Å²) in [4.78, 5) is 16.8. The van der Waals surface area contributed by atoms with Crippen molar-refractivity contribution in [2.75, 3.05) is 13.1 Å². The van der Waals surface area contributed by atoms with Crippen LogP contribution in [0.15, 0.2) is 48.7 Å². The molecule has 0 bridgehead atoms. The van der Waals surface area contributed by atoms with Crippen LogP contribution in [-0.4, -0.2) is 35.2 Å². The summed E-state index contributed by atoms with van der Waals surface area (Å²) in [7, 11) is 0. The molecule has 2 heterocycles. The van der Waals surface area contributed by atoms with Crippen molar-refractivity contribution >= 4 is 30.7 Å². The van der Waals surface area contributed by atoms with Crippen molar-refractivity contribution < 1.29 is 9.90 Å². The lowest BCUT2D eigenvalue weighted by Gasteiger charge is -2.43. The van der Waals surface area contributed by atoms with Crippen molar-refractivity contribution in [1.82, 2.24) is 15.6 Å². The first kappa shape index (κ1) is 21.4. The SMILES string of the molecule is Cc1ccc(C(=O)N[C@@]2(c3ccccc3)CCNC[C@H]2O)cn1.Cl.Cl. The molecule has 1 aliphatic rings. The predicted octanol–water partition coefficient (Wildman–Crippen LogP) is 2.21. The van der Waals surface area contributed by atoms with Crippen LogP contribution >= 0.6 is 24.8 Å². The molecule has 2 aromatic rings. The van der Waals surface area contributed by atoms with E-state index in [1.807, 2.05) is 43.3 Å². The normalized spacial score (nSPS) is 22.2. The molecule has 0 aliphatic carbocycles. The van der Waals surface area contributed by atoms with Crippen molar-refractivity contribution in [1.29, 1.82) is 0 Å². The fraction of sp³-hybridized carbons (Fsp3) is 0.333. The second-order valence-electron chi connectivity index (χ2n) is 5.95. The molecule has 3 N–H and O–H groups in total. The van der Waals surface area contributed by atoms with Gasteiger partial charge in [-0.2, -0.15) is 0 Å². The number of carbonyl (C=O) groups is 1. The number of β-amino-alcohol motifs (C(OH)–C–C–N with tert-alkyl or cyclic N) is 1. The number of hydrogen-bond donors (Lipinski definition) is 3. The van der Waals surface area contributed by atoms with Crippen molar-refractivity contribution in [3.05, 3.63) is 65.5 Å². The number of aliphatic hydroxyl groups is 1. The van der Waals surface area contributed by atoms with E-state index in [0.717, 1.165) is 17.8 Å². The maximum atomic E-state index is 12.7. The Morgan fingerprint density at radius 2 is 1.96 bits per heavy atom. The van der Waals surface area contributed by atoms with Gasteiger partial charge in [0.05, 0.1) is 17.2 Å². The maximum absolute atomic E-state index is 12.7. The van der Waals surface area contributed by atoms with E-state index in [1.165, 1.54) is 0 Å². The monoisotopic (exact) mass is 383 g/mol. The Morgan fingerprint density at radius 3 is 2.56 bits per heavy atom. The van der Waals surface area contributed by atoms with Crippen molar-refractivity contribution in [3.8, 4) is 0 Å². The molecule has 7 heteroatoms. The molecule has 0 saturated carbocycles. The van der Waals surface area contributed by atoms with Crippen LogP contribution in [0.4, 0.5) is 0 Å². The number of pyridine rings is 1. The molecule has 5 nitrogen and oxygen atoms in total. The molecule has 1 aromatic carbocycles. The van der Waals surface area contributed by atoms with E-state index in [-0.39, 0.29) is 30.7 Å². The highest BCUT2D eigenvalue weighted by molar-refractivity contribution is 5.94. The van der Waals surface area contributed by atoms with Gasteiger partial charge in [0, 0.05) is 18.4 Å². The molecule has 1 saturated heterocycles. The topological polar surface area (TPSA) is 74.2 Å². The standard InChI is InChI=1S/C18H21N3O2.2ClH/c1-13-7-8-14(11-20-13)17(23)21-18(9-10-19-12-16(18)22)15-5-3-2-4-6-15;;/h2-8,11,16,19,22H,9-10,12H2,1H3,(H,21,23);2*1H/t16-,18-;;/m1../s1. The highest BCUT2D eigenvalue weighted by Gasteiger charge is 2.42. The lowest BCUT2D eigenvalue weighted by Crippen LogP contribution is -2.61. The fourth-order valence-corrected chi connectivity index (χ4v) is 3.03. The van der Waals surface area contributed by atoms with Crippen LogP contribution in [0.3, 0.4) is 0 Å². The fourth-order valence-electron chi connectivity index (χ4n) is 3.03. The Balaban J connectivity index is 0.00000156.